The first kappa shape index (κ1) is 14.6. The molecule has 3 rings (SSSR count). The highest BCUT2D eigenvalue weighted by atomic mass is 32.2. The maximum absolute atomic E-state index is 12.6. The number of ether oxygens (including phenoxy) is 1. The lowest BCUT2D eigenvalue weighted by Crippen LogP contribution is -2.14. The second kappa shape index (κ2) is 5.82. The predicted molar refractivity (Wildman–Crippen MR) is 81.4 cm³/mol. The third-order valence-corrected chi connectivity index (χ3v) is 5.62. The highest BCUT2D eigenvalue weighted by Crippen LogP contribution is 2.37. The van der Waals surface area contributed by atoms with E-state index in [1.807, 2.05) is 0 Å². The average Bonchev–Trinajstić information content (AvgIpc) is 2.56. The van der Waals surface area contributed by atoms with Crippen molar-refractivity contribution >= 4 is 9.84 Å². The summed E-state index contributed by atoms with van der Waals surface area (Å²) in [5, 5.41) is 8.89. The highest BCUT2D eigenvalue weighted by Gasteiger charge is 2.25. The van der Waals surface area contributed by atoms with Crippen LogP contribution < -0.4 is 4.74 Å². The Bertz CT molecular complexity index is 823. The summed E-state index contributed by atoms with van der Waals surface area (Å²) in [5.41, 5.74) is 0.916. The van der Waals surface area contributed by atoms with Crippen LogP contribution in [0, 0.1) is 11.3 Å². The van der Waals surface area contributed by atoms with Gasteiger partial charge in [-0.3, -0.25) is 0 Å². The van der Waals surface area contributed by atoms with Gasteiger partial charge < -0.3 is 4.74 Å². The summed E-state index contributed by atoms with van der Waals surface area (Å²) in [6.07, 6.45) is 1.20. The van der Waals surface area contributed by atoms with E-state index in [9.17, 15) is 8.42 Å². The summed E-state index contributed by atoms with van der Waals surface area (Å²) in [6, 6.07) is 15.4. The van der Waals surface area contributed by atoms with Gasteiger partial charge >= 0.3 is 0 Å². The molecule has 0 bridgehead atoms. The molecule has 0 aromatic heterocycles. The Morgan fingerprint density at radius 1 is 1.14 bits per heavy atom. The quantitative estimate of drug-likeness (QED) is 0.872. The van der Waals surface area contributed by atoms with Gasteiger partial charge in [-0.05, 0) is 36.2 Å². The lowest BCUT2D eigenvalue weighted by Gasteiger charge is -2.24. The van der Waals surface area contributed by atoms with Crippen molar-refractivity contribution in [3.8, 4) is 11.8 Å². The summed E-state index contributed by atoms with van der Waals surface area (Å²) < 4.78 is 30.8. The van der Waals surface area contributed by atoms with Crippen LogP contribution in [-0.2, 0) is 9.84 Å². The number of nitriles is 1. The number of rotatable bonds is 3. The SMILES string of the molecule is N#CC[C@H]1CCOc2cc(S(=O)(=O)c3ccccc3)ccc21. The molecule has 2 aromatic carbocycles. The Labute approximate surface area is 129 Å². The van der Waals surface area contributed by atoms with Gasteiger partial charge in [0.1, 0.15) is 5.75 Å². The van der Waals surface area contributed by atoms with Gasteiger partial charge in [0, 0.05) is 12.3 Å². The smallest absolute Gasteiger partial charge is 0.206 e. The van der Waals surface area contributed by atoms with Gasteiger partial charge in [-0.15, -0.1) is 0 Å². The van der Waals surface area contributed by atoms with Crippen LogP contribution in [-0.4, -0.2) is 15.0 Å². The molecule has 112 valence electrons. The average molecular weight is 313 g/mol. The van der Waals surface area contributed by atoms with Crippen molar-refractivity contribution in [3.63, 3.8) is 0 Å². The van der Waals surface area contributed by atoms with Gasteiger partial charge in [-0.2, -0.15) is 5.26 Å². The fourth-order valence-corrected chi connectivity index (χ4v) is 3.97. The van der Waals surface area contributed by atoms with Crippen LogP contribution in [0.3, 0.4) is 0 Å². The van der Waals surface area contributed by atoms with Crippen molar-refractivity contribution in [2.24, 2.45) is 0 Å². The molecule has 5 heteroatoms. The molecular formula is C17H15NO3S. The summed E-state index contributed by atoms with van der Waals surface area (Å²) in [6.45, 7) is 0.508. The van der Waals surface area contributed by atoms with E-state index in [2.05, 4.69) is 6.07 Å². The molecule has 1 aliphatic heterocycles. The van der Waals surface area contributed by atoms with E-state index in [1.165, 1.54) is 0 Å². The largest absolute Gasteiger partial charge is 0.493 e. The Hall–Kier alpha value is -2.32. The molecule has 0 unspecified atom stereocenters. The Morgan fingerprint density at radius 3 is 2.64 bits per heavy atom. The van der Waals surface area contributed by atoms with E-state index in [-0.39, 0.29) is 15.7 Å². The Balaban J connectivity index is 2.03. The van der Waals surface area contributed by atoms with Crippen LogP contribution in [0.5, 0.6) is 5.75 Å². The Kier molecular flexibility index (Phi) is 3.86. The minimum atomic E-state index is -3.55. The lowest BCUT2D eigenvalue weighted by atomic mass is 9.91. The summed E-state index contributed by atoms with van der Waals surface area (Å²) >= 11 is 0. The molecule has 22 heavy (non-hydrogen) atoms. The molecule has 0 fully saturated rings. The molecule has 0 saturated carbocycles. The van der Waals surface area contributed by atoms with Crippen LogP contribution in [0.4, 0.5) is 0 Å². The number of sulfone groups is 1. The maximum Gasteiger partial charge on any atom is 0.206 e. The number of nitrogens with zero attached hydrogens (tertiary/aromatic N) is 1. The molecule has 0 aliphatic carbocycles. The minimum Gasteiger partial charge on any atom is -0.493 e. The second-order valence-corrected chi connectivity index (χ2v) is 7.16. The van der Waals surface area contributed by atoms with E-state index >= 15 is 0 Å². The lowest BCUT2D eigenvalue weighted by molar-refractivity contribution is 0.267. The predicted octanol–water partition coefficient (Wildman–Crippen LogP) is 3.30. The van der Waals surface area contributed by atoms with E-state index in [0.717, 1.165) is 12.0 Å². The second-order valence-electron chi connectivity index (χ2n) is 5.21. The Morgan fingerprint density at radius 2 is 1.91 bits per heavy atom. The summed E-state index contributed by atoms with van der Waals surface area (Å²) in [4.78, 5) is 0.481. The van der Waals surface area contributed by atoms with E-state index < -0.39 is 9.84 Å². The molecule has 4 nitrogen and oxygen atoms in total. The van der Waals surface area contributed by atoms with Crippen LogP contribution in [0.2, 0.25) is 0 Å². The number of fused-ring (bicyclic) bond motifs is 1. The van der Waals surface area contributed by atoms with Crippen LogP contribution >= 0.6 is 0 Å². The normalized spacial score (nSPS) is 17.1. The first-order chi connectivity index (χ1) is 10.6. The van der Waals surface area contributed by atoms with Crippen LogP contribution in [0.25, 0.3) is 0 Å². The van der Waals surface area contributed by atoms with Crippen molar-refractivity contribution in [1.82, 2.24) is 0 Å². The number of benzene rings is 2. The molecule has 0 amide bonds. The van der Waals surface area contributed by atoms with Gasteiger partial charge in [-0.25, -0.2) is 8.42 Å². The fourth-order valence-electron chi connectivity index (χ4n) is 2.67. The van der Waals surface area contributed by atoms with E-state index in [0.29, 0.717) is 18.8 Å². The molecular weight excluding hydrogens is 298 g/mol. The minimum absolute atomic E-state index is 0.113. The van der Waals surface area contributed by atoms with Crippen LogP contribution in [0.1, 0.15) is 24.3 Å². The maximum atomic E-state index is 12.6. The van der Waals surface area contributed by atoms with Gasteiger partial charge in [-0.1, -0.05) is 24.3 Å². The van der Waals surface area contributed by atoms with Crippen molar-refractivity contribution in [1.29, 1.82) is 5.26 Å². The first-order valence-corrected chi connectivity index (χ1v) is 8.55. The zero-order valence-electron chi connectivity index (χ0n) is 11.9. The molecule has 0 N–H and O–H groups in total. The molecule has 1 aliphatic rings. The van der Waals surface area contributed by atoms with Gasteiger partial charge in [0.2, 0.25) is 9.84 Å². The highest BCUT2D eigenvalue weighted by molar-refractivity contribution is 7.91. The molecule has 1 atom stereocenters. The fraction of sp³-hybridized carbons (Fsp3) is 0.235. The third-order valence-electron chi connectivity index (χ3n) is 3.85. The summed E-state index contributed by atoms with van der Waals surface area (Å²) in [5.74, 6) is 0.686. The van der Waals surface area contributed by atoms with Gasteiger partial charge in [0.25, 0.3) is 0 Å². The monoisotopic (exact) mass is 313 g/mol. The first-order valence-electron chi connectivity index (χ1n) is 7.07. The zero-order chi connectivity index (χ0) is 15.6. The summed E-state index contributed by atoms with van der Waals surface area (Å²) in [7, 11) is -3.55. The number of hydrogen-bond donors (Lipinski definition) is 0. The van der Waals surface area contributed by atoms with Crippen LogP contribution in [0.15, 0.2) is 58.3 Å². The third kappa shape index (κ3) is 2.58. The van der Waals surface area contributed by atoms with Gasteiger partial charge in [0.05, 0.1) is 22.5 Å². The van der Waals surface area contributed by atoms with Crippen molar-refractivity contribution < 1.29 is 13.2 Å². The molecule has 0 spiro atoms. The standard InChI is InChI=1S/C17H15NO3S/c18-10-8-13-9-11-21-17-12-15(6-7-16(13)17)22(19,20)14-4-2-1-3-5-14/h1-7,12-13H,8-9,11H2/t13-/m0/s1. The van der Waals surface area contributed by atoms with Crippen molar-refractivity contribution in [2.45, 2.75) is 28.6 Å². The molecule has 1 heterocycles. The van der Waals surface area contributed by atoms with Gasteiger partial charge in [0.15, 0.2) is 0 Å². The van der Waals surface area contributed by atoms with E-state index in [1.54, 1.807) is 48.5 Å². The number of hydrogen-bond acceptors (Lipinski definition) is 4. The molecule has 0 saturated heterocycles. The molecule has 0 radical (unpaired) electrons. The van der Waals surface area contributed by atoms with E-state index in [4.69, 9.17) is 10.00 Å². The molecule has 2 aromatic rings. The van der Waals surface area contributed by atoms with Crippen molar-refractivity contribution in [2.75, 3.05) is 6.61 Å². The zero-order valence-corrected chi connectivity index (χ0v) is 12.7. The topological polar surface area (TPSA) is 67.2 Å². The van der Waals surface area contributed by atoms with Crippen molar-refractivity contribution in [3.05, 3.63) is 54.1 Å².